The van der Waals surface area contributed by atoms with Gasteiger partial charge in [-0.25, -0.2) is 0 Å². The van der Waals surface area contributed by atoms with Crippen molar-refractivity contribution in [2.45, 2.75) is 31.3 Å². The van der Waals surface area contributed by atoms with Gasteiger partial charge in [-0.3, -0.25) is 9.78 Å². The number of thioether (sulfide) groups is 1. The molecule has 20 heavy (non-hydrogen) atoms. The molecule has 1 N–H and O–H groups in total. The summed E-state index contributed by atoms with van der Waals surface area (Å²) in [4.78, 5) is 17.9. The van der Waals surface area contributed by atoms with Gasteiger partial charge in [0.25, 0.3) is 5.91 Å². The second kappa shape index (κ2) is 7.64. The normalized spacial score (nSPS) is 18.0. The van der Waals surface area contributed by atoms with E-state index >= 15 is 0 Å². The van der Waals surface area contributed by atoms with E-state index < -0.39 is 6.10 Å². The lowest BCUT2D eigenvalue weighted by atomic mass is 9.90. The Bertz CT molecular complexity index is 419. The highest BCUT2D eigenvalue weighted by atomic mass is 32.2. The van der Waals surface area contributed by atoms with Gasteiger partial charge >= 0.3 is 0 Å². The number of hydrogen-bond acceptors (Lipinski definition) is 4. The van der Waals surface area contributed by atoms with Crippen LogP contribution in [0.5, 0.6) is 0 Å². The third-order valence-corrected chi connectivity index (χ3v) is 4.51. The third kappa shape index (κ3) is 3.96. The van der Waals surface area contributed by atoms with Crippen molar-refractivity contribution in [1.82, 2.24) is 9.88 Å². The van der Waals surface area contributed by atoms with Gasteiger partial charge in [0.1, 0.15) is 6.10 Å². The fourth-order valence-corrected chi connectivity index (χ4v) is 3.09. The van der Waals surface area contributed by atoms with Gasteiger partial charge in [-0.05, 0) is 54.9 Å². The molecule has 5 heteroatoms. The molecule has 2 rings (SSSR count). The summed E-state index contributed by atoms with van der Waals surface area (Å²) in [5.41, 5.74) is 1.30. The lowest BCUT2D eigenvalue weighted by Crippen LogP contribution is -2.43. The molecule has 1 aromatic heterocycles. The second-order valence-electron chi connectivity index (χ2n) is 5.18. The van der Waals surface area contributed by atoms with Gasteiger partial charge in [-0.1, -0.05) is 0 Å². The quantitative estimate of drug-likeness (QED) is 0.901. The average Bonchev–Trinajstić information content (AvgIpc) is 2.53. The first-order valence-corrected chi connectivity index (χ1v) is 8.47. The SMILES string of the molecule is CSCC[C@H](O)C(=O)N1CCC(c2ccncc2)CC1. The highest BCUT2D eigenvalue weighted by Gasteiger charge is 2.27. The Morgan fingerprint density at radius 2 is 2.10 bits per heavy atom. The van der Waals surface area contributed by atoms with Crippen molar-refractivity contribution in [3.8, 4) is 0 Å². The summed E-state index contributed by atoms with van der Waals surface area (Å²) in [5, 5.41) is 9.87. The maximum absolute atomic E-state index is 12.1. The van der Waals surface area contributed by atoms with Crippen LogP contribution in [-0.4, -0.2) is 52.1 Å². The van der Waals surface area contributed by atoms with Gasteiger partial charge in [-0.15, -0.1) is 0 Å². The van der Waals surface area contributed by atoms with Crippen molar-refractivity contribution >= 4 is 17.7 Å². The maximum Gasteiger partial charge on any atom is 0.251 e. The minimum Gasteiger partial charge on any atom is -0.383 e. The molecule has 1 fully saturated rings. The highest BCUT2D eigenvalue weighted by Crippen LogP contribution is 2.27. The zero-order chi connectivity index (χ0) is 14.4. The number of pyridine rings is 1. The molecule has 110 valence electrons. The number of aliphatic hydroxyl groups is 1. The van der Waals surface area contributed by atoms with Gasteiger partial charge in [0.2, 0.25) is 0 Å². The number of hydrogen-bond donors (Lipinski definition) is 1. The number of rotatable bonds is 5. The lowest BCUT2D eigenvalue weighted by Gasteiger charge is -2.33. The van der Waals surface area contributed by atoms with Crippen LogP contribution in [0.4, 0.5) is 0 Å². The molecule has 0 bridgehead atoms. The zero-order valence-electron chi connectivity index (χ0n) is 11.9. The van der Waals surface area contributed by atoms with Crippen LogP contribution >= 0.6 is 11.8 Å². The summed E-state index contributed by atoms with van der Waals surface area (Å²) >= 11 is 1.66. The van der Waals surface area contributed by atoms with Crippen molar-refractivity contribution in [1.29, 1.82) is 0 Å². The van der Waals surface area contributed by atoms with Crippen LogP contribution in [0.1, 0.15) is 30.7 Å². The molecular formula is C15H22N2O2S. The minimum atomic E-state index is -0.833. The van der Waals surface area contributed by atoms with Gasteiger partial charge < -0.3 is 10.0 Å². The number of carbonyl (C=O) groups excluding carboxylic acids is 1. The summed E-state index contributed by atoms with van der Waals surface area (Å²) in [6.45, 7) is 1.48. The second-order valence-corrected chi connectivity index (χ2v) is 6.16. The Balaban J connectivity index is 1.83. The molecule has 1 saturated heterocycles. The first-order chi connectivity index (χ1) is 9.72. The monoisotopic (exact) mass is 294 g/mol. The molecule has 1 aromatic rings. The number of likely N-dealkylation sites (tertiary alicyclic amines) is 1. The number of aromatic nitrogens is 1. The van der Waals surface area contributed by atoms with E-state index in [1.54, 1.807) is 11.8 Å². The Morgan fingerprint density at radius 1 is 1.45 bits per heavy atom. The maximum atomic E-state index is 12.1. The fourth-order valence-electron chi connectivity index (χ4n) is 2.63. The molecule has 0 radical (unpaired) electrons. The van der Waals surface area contributed by atoms with Crippen LogP contribution in [0.25, 0.3) is 0 Å². The Kier molecular flexibility index (Phi) is 5.86. The van der Waals surface area contributed by atoms with Gasteiger partial charge in [-0.2, -0.15) is 11.8 Å². The third-order valence-electron chi connectivity index (χ3n) is 3.86. The number of carbonyl (C=O) groups is 1. The molecule has 1 aliphatic heterocycles. The van der Waals surface area contributed by atoms with Crippen LogP contribution in [0.15, 0.2) is 24.5 Å². The highest BCUT2D eigenvalue weighted by molar-refractivity contribution is 7.98. The number of aliphatic hydroxyl groups excluding tert-OH is 1. The summed E-state index contributed by atoms with van der Waals surface area (Å²) in [6.07, 6.45) is 7.26. The van der Waals surface area contributed by atoms with E-state index in [1.165, 1.54) is 5.56 Å². The van der Waals surface area contributed by atoms with E-state index in [-0.39, 0.29) is 5.91 Å². The van der Waals surface area contributed by atoms with E-state index in [1.807, 2.05) is 23.5 Å². The molecular weight excluding hydrogens is 272 g/mol. The minimum absolute atomic E-state index is 0.104. The topological polar surface area (TPSA) is 53.4 Å². The summed E-state index contributed by atoms with van der Waals surface area (Å²) in [7, 11) is 0. The molecule has 4 nitrogen and oxygen atoms in total. The van der Waals surface area contributed by atoms with E-state index in [0.29, 0.717) is 12.3 Å². The molecule has 1 aliphatic rings. The van der Waals surface area contributed by atoms with Crippen molar-refractivity contribution in [2.75, 3.05) is 25.1 Å². The predicted molar refractivity (Wildman–Crippen MR) is 81.8 cm³/mol. The van der Waals surface area contributed by atoms with Gasteiger partial charge in [0, 0.05) is 25.5 Å². The van der Waals surface area contributed by atoms with Crippen molar-refractivity contribution in [3.05, 3.63) is 30.1 Å². The zero-order valence-corrected chi connectivity index (χ0v) is 12.7. The Morgan fingerprint density at radius 3 is 2.70 bits per heavy atom. The van der Waals surface area contributed by atoms with Crippen LogP contribution in [-0.2, 0) is 4.79 Å². The smallest absolute Gasteiger partial charge is 0.251 e. The van der Waals surface area contributed by atoms with Crippen LogP contribution in [0.2, 0.25) is 0 Å². The Labute approximate surface area is 124 Å². The summed E-state index contributed by atoms with van der Waals surface area (Å²) in [5.74, 6) is 1.22. The van der Waals surface area contributed by atoms with Gasteiger partial charge in [0.15, 0.2) is 0 Å². The van der Waals surface area contributed by atoms with Gasteiger partial charge in [0.05, 0.1) is 0 Å². The van der Waals surface area contributed by atoms with E-state index in [4.69, 9.17) is 0 Å². The molecule has 1 atom stereocenters. The first kappa shape index (κ1) is 15.3. The average molecular weight is 294 g/mol. The molecule has 2 heterocycles. The van der Waals surface area contributed by atoms with Crippen molar-refractivity contribution < 1.29 is 9.90 Å². The Hall–Kier alpha value is -1.07. The van der Waals surface area contributed by atoms with Crippen molar-refractivity contribution in [2.24, 2.45) is 0 Å². The molecule has 1 amide bonds. The number of piperidine rings is 1. The number of nitrogens with zero attached hydrogens (tertiary/aromatic N) is 2. The number of amides is 1. The molecule has 0 saturated carbocycles. The molecule has 0 unspecified atom stereocenters. The molecule has 0 aromatic carbocycles. The first-order valence-electron chi connectivity index (χ1n) is 7.08. The largest absolute Gasteiger partial charge is 0.383 e. The standard InChI is InChI=1S/C15H22N2O2S/c1-20-11-6-14(18)15(19)17-9-4-13(5-10-17)12-2-7-16-8-3-12/h2-3,7-8,13-14,18H,4-6,9-11H2,1H3/t14-/m0/s1. The summed E-state index contributed by atoms with van der Waals surface area (Å²) in [6, 6.07) is 4.10. The van der Waals surface area contributed by atoms with Crippen LogP contribution in [0.3, 0.4) is 0 Å². The fraction of sp³-hybridized carbons (Fsp3) is 0.600. The molecule has 0 spiro atoms. The van der Waals surface area contributed by atoms with E-state index in [2.05, 4.69) is 17.1 Å². The molecule has 0 aliphatic carbocycles. The van der Waals surface area contributed by atoms with Crippen LogP contribution < -0.4 is 0 Å². The predicted octanol–water partition coefficient (Wildman–Crippen LogP) is 1.90. The van der Waals surface area contributed by atoms with Crippen LogP contribution in [0, 0.1) is 0 Å². The van der Waals surface area contributed by atoms with Crippen molar-refractivity contribution in [3.63, 3.8) is 0 Å². The lowest BCUT2D eigenvalue weighted by molar-refractivity contribution is -0.141. The van der Waals surface area contributed by atoms with E-state index in [9.17, 15) is 9.90 Å². The van der Waals surface area contributed by atoms with E-state index in [0.717, 1.165) is 31.7 Å². The summed E-state index contributed by atoms with van der Waals surface area (Å²) < 4.78 is 0.